The van der Waals surface area contributed by atoms with Crippen LogP contribution in [-0.2, 0) is 11.3 Å². The minimum Gasteiger partial charge on any atom is -0.355 e. The monoisotopic (exact) mass is 311 g/mol. The van der Waals surface area contributed by atoms with E-state index in [4.69, 9.17) is 0 Å². The molecular formula is C18H21N3O2. The normalized spacial score (nSPS) is 18.8. The smallest absolute Gasteiger partial charge is 0.261 e. The van der Waals surface area contributed by atoms with Gasteiger partial charge >= 0.3 is 0 Å². The van der Waals surface area contributed by atoms with Crippen LogP contribution in [0.4, 0.5) is 0 Å². The van der Waals surface area contributed by atoms with Crippen molar-refractivity contribution >= 4 is 16.8 Å². The van der Waals surface area contributed by atoms with Gasteiger partial charge in [0.2, 0.25) is 5.91 Å². The number of para-hydroxylation sites is 1. The van der Waals surface area contributed by atoms with Gasteiger partial charge in [-0.05, 0) is 49.1 Å². The van der Waals surface area contributed by atoms with Crippen molar-refractivity contribution in [2.45, 2.75) is 38.6 Å². The number of nitrogens with one attached hydrogen (secondary N) is 1. The van der Waals surface area contributed by atoms with E-state index in [2.05, 4.69) is 10.3 Å². The number of aryl methyl sites for hydroxylation is 1. The Kier molecular flexibility index (Phi) is 3.43. The Bertz CT molecular complexity index is 803. The third-order valence-corrected chi connectivity index (χ3v) is 5.28. The lowest BCUT2D eigenvalue weighted by Crippen LogP contribution is -2.32. The molecular weight excluding hydrogens is 290 g/mol. The summed E-state index contributed by atoms with van der Waals surface area (Å²) >= 11 is 0. The van der Waals surface area contributed by atoms with Crippen molar-refractivity contribution in [1.82, 2.24) is 14.9 Å². The number of hydrogen-bond acceptors (Lipinski definition) is 3. The molecule has 23 heavy (non-hydrogen) atoms. The van der Waals surface area contributed by atoms with Gasteiger partial charge in [-0.1, -0.05) is 12.1 Å². The van der Waals surface area contributed by atoms with E-state index < -0.39 is 0 Å². The Balaban J connectivity index is 1.36. The average molecular weight is 311 g/mol. The molecule has 0 atom stereocenters. The summed E-state index contributed by atoms with van der Waals surface area (Å²) in [5, 5.41) is 3.66. The Hall–Kier alpha value is -2.17. The second-order valence-corrected chi connectivity index (χ2v) is 6.92. The first-order valence-electron chi connectivity index (χ1n) is 8.39. The standard InChI is InChI=1S/C18H21N3O2/c22-16(19-11-18(8-9-18)13-5-6-13)7-10-21-12-20-15-4-2-1-3-14(15)17(21)23/h1-4,12-13H,5-11H2,(H,19,22). The van der Waals surface area contributed by atoms with Crippen LogP contribution >= 0.6 is 0 Å². The Labute approximate surface area is 134 Å². The molecule has 2 aliphatic carbocycles. The second-order valence-electron chi connectivity index (χ2n) is 6.92. The van der Waals surface area contributed by atoms with Crippen LogP contribution in [-0.4, -0.2) is 22.0 Å². The van der Waals surface area contributed by atoms with Crippen molar-refractivity contribution < 1.29 is 4.79 Å². The molecule has 1 aromatic carbocycles. The highest BCUT2D eigenvalue weighted by Crippen LogP contribution is 2.60. The van der Waals surface area contributed by atoms with Crippen LogP contribution in [0.1, 0.15) is 32.1 Å². The van der Waals surface area contributed by atoms with Gasteiger partial charge in [0.25, 0.3) is 5.56 Å². The van der Waals surface area contributed by atoms with Crippen molar-refractivity contribution in [3.8, 4) is 0 Å². The number of aromatic nitrogens is 2. The maximum absolute atomic E-state index is 12.4. The third-order valence-electron chi connectivity index (χ3n) is 5.28. The fourth-order valence-corrected chi connectivity index (χ4v) is 3.44. The highest BCUT2D eigenvalue weighted by molar-refractivity contribution is 5.77. The number of rotatable bonds is 6. The summed E-state index contributed by atoms with van der Waals surface area (Å²) in [4.78, 5) is 28.7. The van der Waals surface area contributed by atoms with Crippen LogP contribution in [0.15, 0.2) is 35.4 Å². The lowest BCUT2D eigenvalue weighted by molar-refractivity contribution is -0.121. The Morgan fingerprint density at radius 3 is 2.83 bits per heavy atom. The van der Waals surface area contributed by atoms with E-state index in [1.807, 2.05) is 18.2 Å². The van der Waals surface area contributed by atoms with Crippen molar-refractivity contribution in [1.29, 1.82) is 0 Å². The summed E-state index contributed by atoms with van der Waals surface area (Å²) < 4.78 is 1.52. The molecule has 0 spiro atoms. The van der Waals surface area contributed by atoms with E-state index in [9.17, 15) is 9.59 Å². The molecule has 120 valence electrons. The van der Waals surface area contributed by atoms with Crippen molar-refractivity contribution in [2.75, 3.05) is 6.54 Å². The maximum atomic E-state index is 12.4. The topological polar surface area (TPSA) is 64.0 Å². The summed E-state index contributed by atoms with van der Waals surface area (Å²) in [6, 6.07) is 7.28. The van der Waals surface area contributed by atoms with E-state index in [-0.39, 0.29) is 11.5 Å². The molecule has 2 saturated carbocycles. The largest absolute Gasteiger partial charge is 0.355 e. The van der Waals surface area contributed by atoms with Crippen LogP contribution in [0.3, 0.4) is 0 Å². The molecule has 1 N–H and O–H groups in total. The van der Waals surface area contributed by atoms with Gasteiger partial charge in [0.1, 0.15) is 0 Å². The zero-order valence-corrected chi connectivity index (χ0v) is 13.1. The van der Waals surface area contributed by atoms with E-state index >= 15 is 0 Å². The minimum atomic E-state index is -0.0833. The van der Waals surface area contributed by atoms with Gasteiger partial charge in [-0.25, -0.2) is 4.98 Å². The molecule has 0 saturated heterocycles. The number of amides is 1. The van der Waals surface area contributed by atoms with Gasteiger partial charge < -0.3 is 5.32 Å². The maximum Gasteiger partial charge on any atom is 0.261 e. The van der Waals surface area contributed by atoms with Gasteiger partial charge in [0, 0.05) is 19.5 Å². The lowest BCUT2D eigenvalue weighted by Gasteiger charge is -2.15. The lowest BCUT2D eigenvalue weighted by atomic mass is 10.0. The highest BCUT2D eigenvalue weighted by Gasteiger charge is 2.53. The van der Waals surface area contributed by atoms with Crippen molar-refractivity contribution in [2.24, 2.45) is 11.3 Å². The predicted octanol–water partition coefficient (Wildman–Crippen LogP) is 2.09. The molecule has 1 heterocycles. The Morgan fingerprint density at radius 2 is 2.09 bits per heavy atom. The third kappa shape index (κ3) is 2.87. The average Bonchev–Trinajstić information content (AvgIpc) is 3.46. The molecule has 5 nitrogen and oxygen atoms in total. The number of carbonyl (C=O) groups is 1. The fraction of sp³-hybridized carbons (Fsp3) is 0.500. The van der Waals surface area contributed by atoms with Gasteiger partial charge in [-0.2, -0.15) is 0 Å². The highest BCUT2D eigenvalue weighted by atomic mass is 16.1. The number of carbonyl (C=O) groups excluding carboxylic acids is 1. The summed E-state index contributed by atoms with van der Waals surface area (Å²) in [7, 11) is 0. The molecule has 0 radical (unpaired) electrons. The van der Waals surface area contributed by atoms with Crippen LogP contribution < -0.4 is 10.9 Å². The first kappa shape index (κ1) is 14.4. The molecule has 1 aromatic heterocycles. The summed E-state index contributed by atoms with van der Waals surface area (Å²) in [5.41, 5.74) is 1.02. The van der Waals surface area contributed by atoms with Gasteiger partial charge in [0.05, 0.1) is 17.2 Å². The van der Waals surface area contributed by atoms with Crippen LogP contribution in [0.2, 0.25) is 0 Å². The quantitative estimate of drug-likeness (QED) is 0.888. The Morgan fingerprint density at radius 1 is 1.30 bits per heavy atom. The van der Waals surface area contributed by atoms with E-state index in [1.165, 1.54) is 36.6 Å². The zero-order chi connectivity index (χ0) is 15.9. The van der Waals surface area contributed by atoms with Gasteiger partial charge in [-0.15, -0.1) is 0 Å². The summed E-state index contributed by atoms with van der Waals surface area (Å²) in [6.45, 7) is 1.18. The molecule has 0 unspecified atom stereocenters. The molecule has 2 aliphatic rings. The van der Waals surface area contributed by atoms with Gasteiger partial charge in [-0.3, -0.25) is 14.2 Å². The minimum absolute atomic E-state index is 0.0250. The number of benzene rings is 1. The molecule has 0 bridgehead atoms. The molecule has 4 rings (SSSR count). The first-order chi connectivity index (χ1) is 11.2. The number of hydrogen-bond donors (Lipinski definition) is 1. The molecule has 5 heteroatoms. The van der Waals surface area contributed by atoms with Crippen LogP contribution in [0.25, 0.3) is 10.9 Å². The van der Waals surface area contributed by atoms with E-state index in [1.54, 1.807) is 6.07 Å². The van der Waals surface area contributed by atoms with E-state index in [0.717, 1.165) is 12.5 Å². The van der Waals surface area contributed by atoms with E-state index in [0.29, 0.717) is 29.3 Å². The number of nitrogens with zero attached hydrogens (tertiary/aromatic N) is 2. The van der Waals surface area contributed by atoms with Crippen molar-refractivity contribution in [3.63, 3.8) is 0 Å². The van der Waals surface area contributed by atoms with Gasteiger partial charge in [0.15, 0.2) is 0 Å². The molecule has 1 amide bonds. The van der Waals surface area contributed by atoms with Crippen molar-refractivity contribution in [3.05, 3.63) is 40.9 Å². The number of fused-ring (bicyclic) bond motifs is 1. The molecule has 0 aliphatic heterocycles. The second kappa shape index (κ2) is 5.48. The van der Waals surface area contributed by atoms with Crippen LogP contribution in [0, 0.1) is 11.3 Å². The fourth-order valence-electron chi connectivity index (χ4n) is 3.44. The summed E-state index contributed by atoms with van der Waals surface area (Å²) in [5.74, 6) is 0.868. The molecule has 2 fully saturated rings. The summed E-state index contributed by atoms with van der Waals surface area (Å²) in [6.07, 6.45) is 7.02. The molecule has 2 aromatic rings. The zero-order valence-electron chi connectivity index (χ0n) is 13.1. The first-order valence-corrected chi connectivity index (χ1v) is 8.39. The van der Waals surface area contributed by atoms with Crippen LogP contribution in [0.5, 0.6) is 0 Å². The SMILES string of the molecule is O=C(CCn1cnc2ccccc2c1=O)NCC1(C2CC2)CC1. The predicted molar refractivity (Wildman–Crippen MR) is 88.0 cm³/mol.